The predicted molar refractivity (Wildman–Crippen MR) is 128 cm³/mol. The topological polar surface area (TPSA) is 83.1 Å². The maximum absolute atomic E-state index is 13.4. The highest BCUT2D eigenvalue weighted by Gasteiger charge is 2.59. The highest BCUT2D eigenvalue weighted by atomic mass is 35.5. The number of pyridine rings is 1. The lowest BCUT2D eigenvalue weighted by Crippen LogP contribution is -2.31. The molecule has 2 aromatic carbocycles. The Morgan fingerprint density at radius 3 is 2.73 bits per heavy atom. The summed E-state index contributed by atoms with van der Waals surface area (Å²) in [4.78, 5) is 23.2. The van der Waals surface area contributed by atoms with Crippen LogP contribution in [0.1, 0.15) is 24.1 Å². The molecule has 3 heterocycles. The second-order valence-corrected chi connectivity index (χ2v) is 11.3. The Bertz CT molecular complexity index is 1570. The molecule has 1 spiro atoms. The lowest BCUT2D eigenvalue weighted by molar-refractivity contribution is -0.120. The Kier molecular flexibility index (Phi) is 4.29. The molecular formula is C25H20ClN3O3S. The first-order chi connectivity index (χ1) is 15.8. The summed E-state index contributed by atoms with van der Waals surface area (Å²) in [5.41, 5.74) is 4.75. The van der Waals surface area contributed by atoms with Gasteiger partial charge in [-0.15, -0.1) is 0 Å². The van der Waals surface area contributed by atoms with Gasteiger partial charge in [0.05, 0.1) is 28.7 Å². The molecule has 1 N–H and O–H groups in total. The van der Waals surface area contributed by atoms with Gasteiger partial charge >= 0.3 is 0 Å². The molecule has 0 radical (unpaired) electrons. The highest BCUT2D eigenvalue weighted by molar-refractivity contribution is 7.90. The van der Waals surface area contributed by atoms with Gasteiger partial charge in [-0.2, -0.15) is 0 Å². The summed E-state index contributed by atoms with van der Waals surface area (Å²) in [6, 6.07) is 14.4. The number of aromatic amines is 1. The van der Waals surface area contributed by atoms with E-state index in [1.165, 1.54) is 6.26 Å². The zero-order chi connectivity index (χ0) is 23.0. The number of aromatic nitrogens is 2. The van der Waals surface area contributed by atoms with Crippen LogP contribution in [0.2, 0.25) is 5.02 Å². The minimum Gasteiger partial charge on any atom is -0.356 e. The van der Waals surface area contributed by atoms with Gasteiger partial charge in [0.25, 0.3) is 0 Å². The number of fused-ring (bicyclic) bond motifs is 3. The molecule has 2 aromatic heterocycles. The minimum absolute atomic E-state index is 0.0954. The number of sulfone groups is 1. The van der Waals surface area contributed by atoms with Gasteiger partial charge in [0, 0.05) is 39.6 Å². The van der Waals surface area contributed by atoms with Crippen molar-refractivity contribution in [3.8, 4) is 11.1 Å². The number of hydrogen-bond acceptors (Lipinski definition) is 4. The first kappa shape index (κ1) is 20.4. The maximum Gasteiger partial charge on any atom is 0.238 e. The van der Waals surface area contributed by atoms with Crippen LogP contribution in [-0.4, -0.2) is 30.5 Å². The molecule has 6 rings (SSSR count). The van der Waals surface area contributed by atoms with Crippen molar-refractivity contribution in [2.24, 2.45) is 0 Å². The normalized spacial score (nSPS) is 16.5. The van der Waals surface area contributed by atoms with Crippen molar-refractivity contribution < 1.29 is 13.2 Å². The van der Waals surface area contributed by atoms with Gasteiger partial charge in [-0.3, -0.25) is 9.78 Å². The molecule has 0 bridgehead atoms. The van der Waals surface area contributed by atoms with E-state index in [1.807, 2.05) is 30.3 Å². The van der Waals surface area contributed by atoms with E-state index < -0.39 is 15.3 Å². The first-order valence-electron chi connectivity index (χ1n) is 10.6. The average molecular weight is 478 g/mol. The molecule has 0 saturated heterocycles. The minimum atomic E-state index is -3.37. The van der Waals surface area contributed by atoms with Crippen molar-refractivity contribution in [3.05, 3.63) is 77.2 Å². The molecule has 0 unspecified atom stereocenters. The van der Waals surface area contributed by atoms with Crippen molar-refractivity contribution in [1.29, 1.82) is 0 Å². The van der Waals surface area contributed by atoms with Crippen LogP contribution in [0.15, 0.2) is 65.8 Å². The second-order valence-electron chi connectivity index (χ2n) is 8.83. The van der Waals surface area contributed by atoms with Crippen LogP contribution in [0, 0.1) is 0 Å². The number of halogens is 1. The largest absolute Gasteiger partial charge is 0.356 e. The molecule has 1 aliphatic carbocycles. The highest BCUT2D eigenvalue weighted by Crippen LogP contribution is 2.57. The van der Waals surface area contributed by atoms with Crippen molar-refractivity contribution >= 4 is 43.9 Å². The number of nitrogens with zero attached hydrogens (tertiary/aromatic N) is 2. The third-order valence-corrected chi connectivity index (χ3v) is 8.06. The molecule has 6 nitrogen and oxygen atoms in total. The monoisotopic (exact) mass is 477 g/mol. The summed E-state index contributed by atoms with van der Waals surface area (Å²) >= 11 is 6.25. The van der Waals surface area contributed by atoms with E-state index in [0.29, 0.717) is 11.6 Å². The van der Waals surface area contributed by atoms with Crippen molar-refractivity contribution in [3.63, 3.8) is 0 Å². The lowest BCUT2D eigenvalue weighted by atomic mass is 9.99. The quantitative estimate of drug-likeness (QED) is 0.454. The molecule has 1 saturated carbocycles. The lowest BCUT2D eigenvalue weighted by Gasteiger charge is -2.18. The molecule has 2 aliphatic rings. The van der Waals surface area contributed by atoms with Crippen LogP contribution in [-0.2, 0) is 26.6 Å². The van der Waals surface area contributed by atoms with Gasteiger partial charge in [0.2, 0.25) is 5.91 Å². The van der Waals surface area contributed by atoms with E-state index in [9.17, 15) is 13.2 Å². The molecule has 1 fully saturated rings. The number of rotatable bonds is 4. The Morgan fingerprint density at radius 1 is 1.15 bits per heavy atom. The van der Waals surface area contributed by atoms with Crippen molar-refractivity contribution in [1.82, 2.24) is 9.97 Å². The molecule has 1 amide bonds. The zero-order valence-corrected chi connectivity index (χ0v) is 19.4. The maximum atomic E-state index is 13.4. The summed E-state index contributed by atoms with van der Waals surface area (Å²) in [5.74, 6) is 0.0954. The van der Waals surface area contributed by atoms with Crippen LogP contribution >= 0.6 is 11.6 Å². The predicted octanol–water partition coefficient (Wildman–Crippen LogP) is 4.87. The van der Waals surface area contributed by atoms with E-state index in [-0.39, 0.29) is 10.8 Å². The zero-order valence-electron chi connectivity index (χ0n) is 17.8. The van der Waals surface area contributed by atoms with Gasteiger partial charge < -0.3 is 9.88 Å². The molecule has 1 aliphatic heterocycles. The van der Waals surface area contributed by atoms with Crippen LogP contribution in [0.5, 0.6) is 0 Å². The van der Waals surface area contributed by atoms with Gasteiger partial charge in [-0.05, 0) is 54.3 Å². The molecular weight excluding hydrogens is 458 g/mol. The number of carbonyl (C=O) groups excluding carboxylic acids is 1. The summed E-state index contributed by atoms with van der Waals surface area (Å²) in [6.45, 7) is 0.323. The Morgan fingerprint density at radius 2 is 1.97 bits per heavy atom. The van der Waals surface area contributed by atoms with Crippen molar-refractivity contribution in [2.75, 3.05) is 11.2 Å². The average Bonchev–Trinajstić information content (AvgIpc) is 3.47. The van der Waals surface area contributed by atoms with E-state index in [0.717, 1.165) is 51.8 Å². The summed E-state index contributed by atoms with van der Waals surface area (Å²) in [7, 11) is -3.37. The van der Waals surface area contributed by atoms with Crippen LogP contribution in [0.25, 0.3) is 22.0 Å². The van der Waals surface area contributed by atoms with Crippen LogP contribution < -0.4 is 4.90 Å². The Hall–Kier alpha value is -3.16. The summed E-state index contributed by atoms with van der Waals surface area (Å²) in [5, 5.41) is 1.51. The standard InChI is InChI=1S/C25H20ClN3O3S/c1-33(31,32)17-4-2-3-15(11-17)23-18-6-5-16(26)12-20(18)28-21(23)14-29-22-13-27-10-7-19(22)25(8-9-25)24(29)30/h2-7,10-13,28H,8-9,14H2,1H3. The van der Waals surface area contributed by atoms with Gasteiger partial charge in [-0.1, -0.05) is 29.8 Å². The Balaban J connectivity index is 1.53. The number of H-pyrrole nitrogens is 1. The molecule has 8 heteroatoms. The number of nitrogens with one attached hydrogen (secondary N) is 1. The van der Waals surface area contributed by atoms with Crippen molar-refractivity contribution in [2.45, 2.75) is 29.7 Å². The van der Waals surface area contributed by atoms with E-state index in [1.54, 1.807) is 35.5 Å². The van der Waals surface area contributed by atoms with Gasteiger partial charge in [0.1, 0.15) is 0 Å². The third kappa shape index (κ3) is 3.10. The van der Waals surface area contributed by atoms with E-state index >= 15 is 0 Å². The fourth-order valence-corrected chi connectivity index (χ4v) is 5.81. The fourth-order valence-electron chi connectivity index (χ4n) is 4.97. The number of benzene rings is 2. The molecule has 0 atom stereocenters. The fraction of sp³-hybridized carbons (Fsp3) is 0.200. The van der Waals surface area contributed by atoms with Gasteiger partial charge in [-0.25, -0.2) is 8.42 Å². The molecule has 4 aromatic rings. The number of hydrogen-bond donors (Lipinski definition) is 1. The van der Waals surface area contributed by atoms with Gasteiger partial charge in [0.15, 0.2) is 9.84 Å². The number of amides is 1. The van der Waals surface area contributed by atoms with Crippen LogP contribution in [0.3, 0.4) is 0 Å². The first-order valence-corrected chi connectivity index (χ1v) is 12.9. The van der Waals surface area contributed by atoms with E-state index in [2.05, 4.69) is 9.97 Å². The second kappa shape index (κ2) is 6.92. The summed E-state index contributed by atoms with van der Waals surface area (Å²) < 4.78 is 24.4. The smallest absolute Gasteiger partial charge is 0.238 e. The molecule has 166 valence electrons. The summed E-state index contributed by atoms with van der Waals surface area (Å²) in [6.07, 6.45) is 6.40. The van der Waals surface area contributed by atoms with Crippen LogP contribution in [0.4, 0.5) is 5.69 Å². The van der Waals surface area contributed by atoms with E-state index in [4.69, 9.17) is 11.6 Å². The molecule has 33 heavy (non-hydrogen) atoms. The third-order valence-electron chi connectivity index (χ3n) is 6.72. The number of carbonyl (C=O) groups is 1. The SMILES string of the molecule is CS(=O)(=O)c1cccc(-c2c(CN3C(=O)C4(CC4)c4ccncc43)[nH]c3cc(Cl)ccc23)c1. The Labute approximate surface area is 196 Å². The number of anilines is 1.